The van der Waals surface area contributed by atoms with Crippen LogP contribution in [0.4, 0.5) is 13.2 Å². The summed E-state index contributed by atoms with van der Waals surface area (Å²) < 4.78 is 43.0. The fourth-order valence-corrected chi connectivity index (χ4v) is 1.43. The van der Waals surface area contributed by atoms with Gasteiger partial charge in [-0.1, -0.05) is 6.08 Å². The molecule has 0 saturated carbocycles. The lowest BCUT2D eigenvalue weighted by Crippen LogP contribution is -2.07. The molecule has 0 aliphatic carbocycles. The van der Waals surface area contributed by atoms with Gasteiger partial charge in [0.2, 0.25) is 0 Å². The Balaban J connectivity index is 3.23. The lowest BCUT2D eigenvalue weighted by atomic mass is 9.98. The Hall–Kier alpha value is -1.45. The Labute approximate surface area is 98.9 Å². The minimum Gasteiger partial charge on any atom is -0.494 e. The Morgan fingerprint density at radius 2 is 2.06 bits per heavy atom. The van der Waals surface area contributed by atoms with Crippen molar-refractivity contribution in [2.75, 3.05) is 6.61 Å². The molecule has 0 amide bonds. The maximum Gasteiger partial charge on any atom is 0.416 e. The van der Waals surface area contributed by atoms with Gasteiger partial charge >= 0.3 is 6.18 Å². The molecule has 0 N–H and O–H groups in total. The fourth-order valence-electron chi connectivity index (χ4n) is 1.43. The Kier molecular flexibility index (Phi) is 4.21. The summed E-state index contributed by atoms with van der Waals surface area (Å²) in [6, 6.07) is 3.39. The molecule has 1 aromatic rings. The van der Waals surface area contributed by atoms with E-state index in [1.54, 1.807) is 6.92 Å². The van der Waals surface area contributed by atoms with Crippen LogP contribution in [0.5, 0.6) is 5.75 Å². The molecule has 0 fully saturated rings. The summed E-state index contributed by atoms with van der Waals surface area (Å²) in [5, 5.41) is 0. The second-order valence-electron chi connectivity index (χ2n) is 3.53. The third-order valence-corrected chi connectivity index (χ3v) is 2.32. The van der Waals surface area contributed by atoms with Crippen LogP contribution in [0.25, 0.3) is 0 Å². The second kappa shape index (κ2) is 5.25. The first-order valence-corrected chi connectivity index (χ1v) is 5.19. The molecule has 0 aliphatic rings. The number of allylic oxidation sites excluding steroid dienone is 1. The first kappa shape index (κ1) is 13.6. The van der Waals surface area contributed by atoms with Crippen LogP contribution in [0.2, 0.25) is 0 Å². The van der Waals surface area contributed by atoms with E-state index in [9.17, 15) is 13.2 Å². The zero-order valence-electron chi connectivity index (χ0n) is 9.55. The molecular formula is C13H14F3O. The number of rotatable bonds is 4. The number of alkyl halides is 3. The fraction of sp³-hybridized carbons (Fsp3) is 0.308. The largest absolute Gasteiger partial charge is 0.494 e. The maximum atomic E-state index is 12.6. The molecular weight excluding hydrogens is 229 g/mol. The number of ether oxygens (including phenoxy) is 1. The predicted octanol–water partition coefficient (Wildman–Crippen LogP) is 4.21. The van der Waals surface area contributed by atoms with Crippen molar-refractivity contribution in [2.45, 2.75) is 19.0 Å². The summed E-state index contributed by atoms with van der Waals surface area (Å²) in [6.07, 6.45) is -2.88. The van der Waals surface area contributed by atoms with Gasteiger partial charge in [-0.3, -0.25) is 0 Å². The summed E-state index contributed by atoms with van der Waals surface area (Å²) in [5.41, 5.74) is -0.303. The molecule has 4 heteroatoms. The predicted molar refractivity (Wildman–Crippen MR) is 60.9 cm³/mol. The van der Waals surface area contributed by atoms with E-state index in [-0.39, 0.29) is 0 Å². The maximum absolute atomic E-state index is 12.6. The van der Waals surface area contributed by atoms with Gasteiger partial charge in [-0.05, 0) is 32.0 Å². The molecule has 1 aromatic carbocycles. The lowest BCUT2D eigenvalue weighted by Gasteiger charge is -2.16. The van der Waals surface area contributed by atoms with Crippen LogP contribution in [0, 0.1) is 6.92 Å². The van der Waals surface area contributed by atoms with Crippen molar-refractivity contribution in [1.29, 1.82) is 0 Å². The number of hydrogen-bond donors (Lipinski definition) is 0. The molecule has 1 unspecified atom stereocenters. The SMILES string of the molecule is [CH2]C(C=C)c1cc(C(F)(F)F)ccc1OCC. The van der Waals surface area contributed by atoms with E-state index in [0.29, 0.717) is 17.9 Å². The molecule has 0 heterocycles. The van der Waals surface area contributed by atoms with Crippen molar-refractivity contribution < 1.29 is 17.9 Å². The van der Waals surface area contributed by atoms with Crippen molar-refractivity contribution >= 4 is 0 Å². The third kappa shape index (κ3) is 3.25. The molecule has 0 spiro atoms. The third-order valence-electron chi connectivity index (χ3n) is 2.32. The van der Waals surface area contributed by atoms with E-state index >= 15 is 0 Å². The molecule has 93 valence electrons. The molecule has 0 saturated heterocycles. The van der Waals surface area contributed by atoms with E-state index in [1.165, 1.54) is 12.1 Å². The first-order valence-electron chi connectivity index (χ1n) is 5.19. The summed E-state index contributed by atoms with van der Waals surface area (Å²) >= 11 is 0. The van der Waals surface area contributed by atoms with Gasteiger partial charge in [0.15, 0.2) is 0 Å². The quantitative estimate of drug-likeness (QED) is 0.720. The van der Waals surface area contributed by atoms with Crippen molar-refractivity contribution in [3.63, 3.8) is 0 Å². The number of benzene rings is 1. The van der Waals surface area contributed by atoms with E-state index in [0.717, 1.165) is 12.1 Å². The van der Waals surface area contributed by atoms with Gasteiger partial charge in [-0.2, -0.15) is 13.2 Å². The monoisotopic (exact) mass is 243 g/mol. The highest BCUT2D eigenvalue weighted by Crippen LogP contribution is 2.35. The minimum atomic E-state index is -4.36. The van der Waals surface area contributed by atoms with Crippen molar-refractivity contribution in [3.05, 3.63) is 48.9 Å². The van der Waals surface area contributed by atoms with Crippen LogP contribution < -0.4 is 4.74 Å². The topological polar surface area (TPSA) is 9.23 Å². The molecule has 0 aliphatic heterocycles. The average molecular weight is 243 g/mol. The van der Waals surface area contributed by atoms with Crippen LogP contribution in [0.3, 0.4) is 0 Å². The zero-order chi connectivity index (χ0) is 13.1. The van der Waals surface area contributed by atoms with Gasteiger partial charge in [-0.15, -0.1) is 6.58 Å². The number of halogens is 3. The van der Waals surface area contributed by atoms with E-state index in [2.05, 4.69) is 13.5 Å². The molecule has 1 radical (unpaired) electrons. The minimum absolute atomic E-state index is 0.391. The second-order valence-corrected chi connectivity index (χ2v) is 3.53. The Bertz CT molecular complexity index is 396. The van der Waals surface area contributed by atoms with Crippen LogP contribution in [0.1, 0.15) is 24.0 Å². The van der Waals surface area contributed by atoms with Crippen molar-refractivity contribution in [2.24, 2.45) is 0 Å². The van der Waals surface area contributed by atoms with Crippen LogP contribution in [-0.2, 0) is 6.18 Å². The molecule has 17 heavy (non-hydrogen) atoms. The van der Waals surface area contributed by atoms with E-state index in [1.807, 2.05) is 0 Å². The highest BCUT2D eigenvalue weighted by Gasteiger charge is 2.31. The first-order chi connectivity index (χ1) is 7.90. The van der Waals surface area contributed by atoms with Gasteiger partial charge < -0.3 is 4.74 Å². The zero-order valence-corrected chi connectivity index (χ0v) is 9.55. The van der Waals surface area contributed by atoms with Gasteiger partial charge in [0, 0.05) is 11.5 Å². The van der Waals surface area contributed by atoms with Crippen LogP contribution >= 0.6 is 0 Å². The number of hydrogen-bond acceptors (Lipinski definition) is 1. The Morgan fingerprint density at radius 3 is 2.53 bits per heavy atom. The average Bonchev–Trinajstić information content (AvgIpc) is 2.27. The van der Waals surface area contributed by atoms with E-state index < -0.39 is 17.7 Å². The van der Waals surface area contributed by atoms with Crippen molar-refractivity contribution in [1.82, 2.24) is 0 Å². The normalized spacial score (nSPS) is 13.2. The highest BCUT2D eigenvalue weighted by atomic mass is 19.4. The summed E-state index contributed by atoms with van der Waals surface area (Å²) in [4.78, 5) is 0. The standard InChI is InChI=1S/C13H14F3O/c1-4-9(3)11-8-10(13(14,15)16)6-7-12(11)17-5-2/h4,6-9H,1,3,5H2,2H3. The molecule has 0 aromatic heterocycles. The molecule has 0 bridgehead atoms. The summed E-state index contributed by atoms with van der Waals surface area (Å²) in [5.74, 6) is -0.0146. The Morgan fingerprint density at radius 1 is 1.41 bits per heavy atom. The van der Waals surface area contributed by atoms with Gasteiger partial charge in [0.05, 0.1) is 12.2 Å². The van der Waals surface area contributed by atoms with Gasteiger partial charge in [0.25, 0.3) is 0 Å². The smallest absolute Gasteiger partial charge is 0.416 e. The molecule has 1 nitrogen and oxygen atoms in total. The molecule has 1 atom stereocenters. The van der Waals surface area contributed by atoms with Crippen LogP contribution in [-0.4, -0.2) is 6.61 Å². The van der Waals surface area contributed by atoms with E-state index in [4.69, 9.17) is 4.74 Å². The lowest BCUT2D eigenvalue weighted by molar-refractivity contribution is -0.137. The van der Waals surface area contributed by atoms with Gasteiger partial charge in [0.1, 0.15) is 5.75 Å². The summed E-state index contributed by atoms with van der Waals surface area (Å²) in [7, 11) is 0. The highest BCUT2D eigenvalue weighted by molar-refractivity contribution is 5.42. The molecule has 1 rings (SSSR count). The van der Waals surface area contributed by atoms with Crippen molar-refractivity contribution in [3.8, 4) is 5.75 Å². The van der Waals surface area contributed by atoms with Gasteiger partial charge in [-0.25, -0.2) is 0 Å². The van der Waals surface area contributed by atoms with Crippen LogP contribution in [0.15, 0.2) is 30.9 Å². The summed E-state index contributed by atoms with van der Waals surface area (Å²) in [6.45, 7) is 9.42.